The van der Waals surface area contributed by atoms with Gasteiger partial charge in [-0.15, -0.1) is 0 Å². The first kappa shape index (κ1) is 19.6. The Balaban J connectivity index is 1.83. The summed E-state index contributed by atoms with van der Waals surface area (Å²) < 4.78 is 1.82. The summed E-state index contributed by atoms with van der Waals surface area (Å²) in [5.74, 6) is -0.481. The van der Waals surface area contributed by atoms with E-state index in [2.05, 4.69) is 30.7 Å². The van der Waals surface area contributed by atoms with Crippen LogP contribution < -0.4 is 0 Å². The van der Waals surface area contributed by atoms with E-state index in [0.717, 1.165) is 5.56 Å². The number of carbonyl (C=O) groups is 2. The van der Waals surface area contributed by atoms with Crippen LogP contribution in [0.3, 0.4) is 0 Å². The molecule has 8 heteroatoms. The summed E-state index contributed by atoms with van der Waals surface area (Å²) in [5, 5.41) is 12.7. The first-order chi connectivity index (χ1) is 14.2. The molecular formula is C22H22N6O2. The lowest BCUT2D eigenvalue weighted by Gasteiger charge is -2.37. The van der Waals surface area contributed by atoms with E-state index < -0.39 is 0 Å². The topological polar surface area (TPSA) is 95.1 Å². The summed E-state index contributed by atoms with van der Waals surface area (Å²) >= 11 is 0. The summed E-state index contributed by atoms with van der Waals surface area (Å²) in [5.41, 5.74) is 2.20. The van der Waals surface area contributed by atoms with Crippen LogP contribution in [0.1, 0.15) is 53.0 Å². The van der Waals surface area contributed by atoms with E-state index in [-0.39, 0.29) is 23.1 Å². The van der Waals surface area contributed by atoms with Crippen molar-refractivity contribution in [1.29, 1.82) is 5.26 Å². The van der Waals surface area contributed by atoms with Crippen molar-refractivity contribution >= 4 is 22.8 Å². The molecule has 1 aliphatic heterocycles. The molecule has 0 saturated heterocycles. The minimum absolute atomic E-state index is 0.0500. The third kappa shape index (κ3) is 3.28. The smallest absolute Gasteiger partial charge is 0.289 e. The standard InChI is InChI=1S/C22H22N6O2/c1-22(2,3)13-27-17(9-15-11-24-18(10-23)25-19(15)27)21(30)28-12-14-7-5-6-8-16(14)20(29)26(28)4/h5-9,11H,12-13H2,1-4H3. The van der Waals surface area contributed by atoms with Gasteiger partial charge in [0.25, 0.3) is 11.8 Å². The van der Waals surface area contributed by atoms with Crippen LogP contribution in [0, 0.1) is 16.7 Å². The predicted octanol–water partition coefficient (Wildman–Crippen LogP) is 2.99. The molecule has 0 radical (unpaired) electrons. The molecule has 152 valence electrons. The summed E-state index contributed by atoms with van der Waals surface area (Å²) in [6.07, 6.45) is 1.55. The first-order valence-electron chi connectivity index (χ1n) is 9.64. The van der Waals surface area contributed by atoms with Crippen LogP contribution in [0.5, 0.6) is 0 Å². The Kier molecular flexibility index (Phi) is 4.54. The van der Waals surface area contributed by atoms with Gasteiger partial charge in [-0.3, -0.25) is 9.59 Å². The lowest BCUT2D eigenvalue weighted by atomic mass is 9.97. The number of rotatable bonds is 2. The monoisotopic (exact) mass is 402 g/mol. The highest BCUT2D eigenvalue weighted by atomic mass is 16.2. The second kappa shape index (κ2) is 6.95. The third-order valence-corrected chi connectivity index (χ3v) is 5.04. The maximum Gasteiger partial charge on any atom is 0.289 e. The normalized spacial score (nSPS) is 14.0. The second-order valence-electron chi connectivity index (χ2n) is 8.61. The molecule has 0 bridgehead atoms. The summed E-state index contributed by atoms with van der Waals surface area (Å²) in [6.45, 7) is 7.00. The minimum Gasteiger partial charge on any atom is -0.321 e. The van der Waals surface area contributed by atoms with Crippen LogP contribution >= 0.6 is 0 Å². The lowest BCUT2D eigenvalue weighted by molar-refractivity contribution is -0.00139. The van der Waals surface area contributed by atoms with Crippen molar-refractivity contribution in [1.82, 2.24) is 24.6 Å². The Morgan fingerprint density at radius 3 is 2.70 bits per heavy atom. The Morgan fingerprint density at radius 1 is 1.27 bits per heavy atom. The molecule has 3 aromatic rings. The zero-order valence-corrected chi connectivity index (χ0v) is 17.4. The molecule has 0 spiro atoms. The first-order valence-corrected chi connectivity index (χ1v) is 9.64. The highest BCUT2D eigenvalue weighted by molar-refractivity contribution is 6.02. The van der Waals surface area contributed by atoms with E-state index in [1.807, 2.05) is 28.8 Å². The number of aromatic nitrogens is 3. The summed E-state index contributed by atoms with van der Waals surface area (Å²) in [6, 6.07) is 11.0. The van der Waals surface area contributed by atoms with Crippen LogP contribution in [0.25, 0.3) is 11.0 Å². The highest BCUT2D eigenvalue weighted by Crippen LogP contribution is 2.28. The number of benzene rings is 1. The third-order valence-electron chi connectivity index (χ3n) is 5.04. The van der Waals surface area contributed by atoms with Crippen LogP contribution in [0.4, 0.5) is 0 Å². The van der Waals surface area contributed by atoms with Crippen molar-refractivity contribution in [3.63, 3.8) is 0 Å². The Labute approximate surface area is 174 Å². The average Bonchev–Trinajstić information content (AvgIpc) is 3.06. The van der Waals surface area contributed by atoms with E-state index in [4.69, 9.17) is 0 Å². The van der Waals surface area contributed by atoms with Gasteiger partial charge in [0.1, 0.15) is 17.4 Å². The van der Waals surface area contributed by atoms with E-state index in [1.54, 1.807) is 25.4 Å². The largest absolute Gasteiger partial charge is 0.321 e. The number of nitriles is 1. The number of amides is 2. The molecule has 0 unspecified atom stereocenters. The molecule has 8 nitrogen and oxygen atoms in total. The zero-order chi connectivity index (χ0) is 21.6. The van der Waals surface area contributed by atoms with Gasteiger partial charge in [-0.05, 0) is 23.1 Å². The molecule has 4 rings (SSSR count). The van der Waals surface area contributed by atoms with Crippen molar-refractivity contribution in [2.24, 2.45) is 5.41 Å². The molecule has 0 N–H and O–H groups in total. The molecule has 1 aliphatic rings. The quantitative estimate of drug-likeness (QED) is 0.657. The molecule has 3 heterocycles. The van der Waals surface area contributed by atoms with Gasteiger partial charge in [-0.25, -0.2) is 20.0 Å². The molecule has 1 aromatic carbocycles. The van der Waals surface area contributed by atoms with Gasteiger partial charge < -0.3 is 4.57 Å². The highest BCUT2D eigenvalue weighted by Gasteiger charge is 2.34. The number of hydrogen-bond acceptors (Lipinski definition) is 5. The van der Waals surface area contributed by atoms with Crippen molar-refractivity contribution in [3.8, 4) is 6.07 Å². The second-order valence-corrected chi connectivity index (χ2v) is 8.61. The number of fused-ring (bicyclic) bond motifs is 2. The van der Waals surface area contributed by atoms with Crippen molar-refractivity contribution in [3.05, 3.63) is 59.2 Å². The van der Waals surface area contributed by atoms with Crippen molar-refractivity contribution in [2.75, 3.05) is 7.05 Å². The molecule has 0 atom stereocenters. The molecular weight excluding hydrogens is 380 g/mol. The maximum absolute atomic E-state index is 13.6. The van der Waals surface area contributed by atoms with Gasteiger partial charge in [0.05, 0.1) is 6.54 Å². The van der Waals surface area contributed by atoms with Gasteiger partial charge >= 0.3 is 0 Å². The minimum atomic E-state index is -0.305. The van der Waals surface area contributed by atoms with Gasteiger partial charge in [-0.2, -0.15) is 5.26 Å². The van der Waals surface area contributed by atoms with Gasteiger partial charge in [0, 0.05) is 30.7 Å². The predicted molar refractivity (Wildman–Crippen MR) is 110 cm³/mol. The molecule has 0 fully saturated rings. The number of hydrazine groups is 1. The number of nitrogens with zero attached hydrogens (tertiary/aromatic N) is 6. The van der Waals surface area contributed by atoms with E-state index in [0.29, 0.717) is 35.4 Å². The number of carbonyl (C=O) groups excluding carboxylic acids is 2. The molecule has 2 aromatic heterocycles. The zero-order valence-electron chi connectivity index (χ0n) is 17.4. The van der Waals surface area contributed by atoms with E-state index in [9.17, 15) is 14.9 Å². The molecule has 0 saturated carbocycles. The lowest BCUT2D eigenvalue weighted by Crippen LogP contribution is -2.50. The van der Waals surface area contributed by atoms with Gasteiger partial charge in [0.15, 0.2) is 0 Å². The Morgan fingerprint density at radius 2 is 2.00 bits per heavy atom. The summed E-state index contributed by atoms with van der Waals surface area (Å²) in [7, 11) is 1.60. The SMILES string of the molecule is CN1C(=O)c2ccccc2CN1C(=O)c1cc2cnc(C#N)nc2n1CC(C)(C)C. The maximum atomic E-state index is 13.6. The van der Waals surface area contributed by atoms with Crippen LogP contribution in [0.15, 0.2) is 36.5 Å². The molecule has 2 amide bonds. The Hall–Kier alpha value is -3.73. The van der Waals surface area contributed by atoms with Crippen molar-refractivity contribution < 1.29 is 9.59 Å². The van der Waals surface area contributed by atoms with Gasteiger partial charge in [0.2, 0.25) is 5.82 Å². The number of hydrogen-bond donors (Lipinski definition) is 0. The fourth-order valence-electron chi connectivity index (χ4n) is 3.66. The van der Waals surface area contributed by atoms with E-state index in [1.165, 1.54) is 10.0 Å². The fraction of sp³-hybridized carbons (Fsp3) is 0.318. The molecule has 30 heavy (non-hydrogen) atoms. The molecule has 0 aliphatic carbocycles. The van der Waals surface area contributed by atoms with Crippen LogP contribution in [-0.2, 0) is 13.1 Å². The summed E-state index contributed by atoms with van der Waals surface area (Å²) in [4.78, 5) is 34.8. The van der Waals surface area contributed by atoms with Crippen LogP contribution in [0.2, 0.25) is 0 Å². The van der Waals surface area contributed by atoms with Crippen LogP contribution in [-0.4, -0.2) is 43.4 Å². The van der Waals surface area contributed by atoms with E-state index >= 15 is 0 Å². The van der Waals surface area contributed by atoms with Crippen molar-refractivity contribution in [2.45, 2.75) is 33.9 Å². The Bertz CT molecular complexity index is 1210. The fourth-order valence-corrected chi connectivity index (χ4v) is 3.66. The van der Waals surface area contributed by atoms with Gasteiger partial charge in [-0.1, -0.05) is 39.0 Å². The average molecular weight is 402 g/mol.